The number of fused-ring (bicyclic) bond motifs is 1. The summed E-state index contributed by atoms with van der Waals surface area (Å²) in [5, 5.41) is 12.6. The van der Waals surface area contributed by atoms with Crippen LogP contribution in [0.15, 0.2) is 90.0 Å². The van der Waals surface area contributed by atoms with Crippen LogP contribution in [0.1, 0.15) is 30.6 Å². The van der Waals surface area contributed by atoms with Gasteiger partial charge in [0.25, 0.3) is 5.56 Å². The van der Waals surface area contributed by atoms with Gasteiger partial charge in [0.05, 0.1) is 11.4 Å². The number of hydrogen-bond acceptors (Lipinski definition) is 4. The van der Waals surface area contributed by atoms with Crippen molar-refractivity contribution >= 4 is 16.8 Å². The first-order valence-corrected chi connectivity index (χ1v) is 12.1. The normalized spacial score (nSPS) is 12.1. The number of benzene rings is 2. The van der Waals surface area contributed by atoms with Crippen molar-refractivity contribution in [3.05, 3.63) is 107 Å². The monoisotopic (exact) mass is 480 g/mol. The Balaban J connectivity index is 1.47. The summed E-state index contributed by atoms with van der Waals surface area (Å²) in [5.41, 5.74) is 2.79. The minimum atomic E-state index is -0.769. The molecular weight excluding hydrogens is 452 g/mol. The number of rotatable bonds is 8. The molecule has 0 saturated carbocycles. The van der Waals surface area contributed by atoms with Crippen molar-refractivity contribution in [3.8, 4) is 11.5 Å². The Morgan fingerprint density at radius 2 is 1.61 bits per heavy atom. The molecule has 1 amide bonds. The van der Waals surface area contributed by atoms with Crippen LogP contribution in [-0.4, -0.2) is 36.6 Å². The maximum absolute atomic E-state index is 13.8. The van der Waals surface area contributed by atoms with E-state index in [0.717, 1.165) is 18.5 Å². The van der Waals surface area contributed by atoms with E-state index in [-0.39, 0.29) is 11.5 Å². The second-order valence-electron chi connectivity index (χ2n) is 8.78. The highest BCUT2D eigenvalue weighted by Crippen LogP contribution is 2.25. The molecule has 36 heavy (non-hydrogen) atoms. The molecule has 5 rings (SSSR count). The van der Waals surface area contributed by atoms with E-state index in [4.69, 9.17) is 5.10 Å². The number of para-hydroxylation sites is 1. The first-order chi connectivity index (χ1) is 17.5. The van der Waals surface area contributed by atoms with Gasteiger partial charge in [-0.1, -0.05) is 48.5 Å². The Bertz CT molecular complexity index is 1540. The first kappa shape index (κ1) is 23.3. The zero-order valence-corrected chi connectivity index (χ0v) is 20.3. The summed E-state index contributed by atoms with van der Waals surface area (Å²) < 4.78 is 4.88. The molecule has 0 aliphatic rings. The van der Waals surface area contributed by atoms with Gasteiger partial charge >= 0.3 is 0 Å². The van der Waals surface area contributed by atoms with Gasteiger partial charge in [0.1, 0.15) is 16.9 Å². The Morgan fingerprint density at radius 1 is 0.944 bits per heavy atom. The summed E-state index contributed by atoms with van der Waals surface area (Å²) in [6, 6.07) is 22.8. The largest absolute Gasteiger partial charge is 0.354 e. The topological polar surface area (TPSA) is 86.7 Å². The number of carbonyl (C=O) groups excluding carboxylic acids is 1. The molecule has 182 valence electrons. The molecule has 0 radical (unpaired) electrons. The van der Waals surface area contributed by atoms with E-state index >= 15 is 0 Å². The molecule has 0 bridgehead atoms. The van der Waals surface area contributed by atoms with Gasteiger partial charge in [-0.15, -0.1) is 0 Å². The molecule has 1 unspecified atom stereocenters. The predicted octanol–water partition coefficient (Wildman–Crippen LogP) is 3.99. The van der Waals surface area contributed by atoms with E-state index in [1.165, 1.54) is 10.2 Å². The number of hydrogen-bond donors (Lipinski definition) is 1. The van der Waals surface area contributed by atoms with Crippen LogP contribution in [0.5, 0.6) is 0 Å². The number of aromatic nitrogens is 5. The lowest BCUT2D eigenvalue weighted by molar-refractivity contribution is -0.124. The number of carbonyl (C=O) groups is 1. The highest BCUT2D eigenvalue weighted by Gasteiger charge is 2.25. The summed E-state index contributed by atoms with van der Waals surface area (Å²) >= 11 is 0. The zero-order valence-electron chi connectivity index (χ0n) is 20.3. The third-order valence-electron chi connectivity index (χ3n) is 6.26. The van der Waals surface area contributed by atoms with Gasteiger partial charge in [-0.3, -0.25) is 9.59 Å². The van der Waals surface area contributed by atoms with Crippen LogP contribution in [0.4, 0.5) is 0 Å². The molecule has 0 aliphatic heterocycles. The van der Waals surface area contributed by atoms with Crippen molar-refractivity contribution in [1.82, 2.24) is 29.4 Å². The lowest BCUT2D eigenvalue weighted by Crippen LogP contribution is -2.38. The standard InChI is InChI=1S/C28H28N6O2/c1-20-25-24(27(32-18-9-10-19-32)34(31-25)23-15-7-4-8-16-23)28(36)33(30-20)21(2)26(35)29-17-11-14-22-12-5-3-6-13-22/h3-10,12-13,15-16,18-19,21H,11,14,17H2,1-2H3,(H,29,35). The molecule has 0 fully saturated rings. The third kappa shape index (κ3) is 4.45. The molecule has 0 saturated heterocycles. The fourth-order valence-corrected chi connectivity index (χ4v) is 4.36. The van der Waals surface area contributed by atoms with Gasteiger partial charge < -0.3 is 9.88 Å². The summed E-state index contributed by atoms with van der Waals surface area (Å²) in [5.74, 6) is 0.371. The van der Waals surface area contributed by atoms with Crippen LogP contribution in [0.2, 0.25) is 0 Å². The van der Waals surface area contributed by atoms with Gasteiger partial charge in [0.15, 0.2) is 5.82 Å². The van der Waals surface area contributed by atoms with Crippen molar-refractivity contribution < 1.29 is 4.79 Å². The van der Waals surface area contributed by atoms with Gasteiger partial charge in [-0.05, 0) is 56.5 Å². The summed E-state index contributed by atoms with van der Waals surface area (Å²) in [6.07, 6.45) is 5.43. The van der Waals surface area contributed by atoms with Crippen molar-refractivity contribution in [1.29, 1.82) is 0 Å². The number of nitrogens with zero attached hydrogens (tertiary/aromatic N) is 5. The average molecular weight is 481 g/mol. The van der Waals surface area contributed by atoms with E-state index in [9.17, 15) is 9.59 Å². The maximum atomic E-state index is 13.8. The van der Waals surface area contributed by atoms with Crippen molar-refractivity contribution in [2.75, 3.05) is 6.54 Å². The molecule has 0 aliphatic carbocycles. The lowest BCUT2D eigenvalue weighted by Gasteiger charge is -2.15. The molecule has 2 aromatic carbocycles. The van der Waals surface area contributed by atoms with Crippen LogP contribution in [0.3, 0.4) is 0 Å². The molecule has 1 N–H and O–H groups in total. The van der Waals surface area contributed by atoms with E-state index < -0.39 is 6.04 Å². The van der Waals surface area contributed by atoms with Crippen molar-refractivity contribution in [3.63, 3.8) is 0 Å². The molecule has 5 aromatic rings. The second-order valence-corrected chi connectivity index (χ2v) is 8.78. The van der Waals surface area contributed by atoms with Crippen molar-refractivity contribution in [2.45, 2.75) is 32.7 Å². The minimum Gasteiger partial charge on any atom is -0.354 e. The summed E-state index contributed by atoms with van der Waals surface area (Å²) in [7, 11) is 0. The minimum absolute atomic E-state index is 0.241. The molecule has 0 spiro atoms. The number of nitrogens with one attached hydrogen (secondary N) is 1. The Kier molecular flexibility index (Phi) is 6.49. The van der Waals surface area contributed by atoms with E-state index in [2.05, 4.69) is 22.5 Å². The number of aryl methyl sites for hydroxylation is 2. The predicted molar refractivity (Wildman–Crippen MR) is 140 cm³/mol. The Labute approximate surface area is 208 Å². The van der Waals surface area contributed by atoms with Gasteiger partial charge in [-0.25, -0.2) is 9.36 Å². The first-order valence-electron chi connectivity index (χ1n) is 12.1. The molecule has 1 atom stereocenters. The van der Waals surface area contributed by atoms with Crippen LogP contribution in [-0.2, 0) is 11.2 Å². The second kappa shape index (κ2) is 10.0. The SMILES string of the molecule is Cc1nn(C(C)C(=O)NCCCc2ccccc2)c(=O)c2c(-n3cccc3)n(-c3ccccc3)nc12. The van der Waals surface area contributed by atoms with Gasteiger partial charge in [-0.2, -0.15) is 10.2 Å². The highest BCUT2D eigenvalue weighted by molar-refractivity contribution is 5.88. The quantitative estimate of drug-likeness (QED) is 0.340. The Morgan fingerprint density at radius 3 is 2.31 bits per heavy atom. The fraction of sp³-hybridized carbons (Fsp3) is 0.214. The van der Waals surface area contributed by atoms with E-state index in [1.54, 1.807) is 11.6 Å². The van der Waals surface area contributed by atoms with Gasteiger partial charge in [0, 0.05) is 18.9 Å². The molecule has 3 heterocycles. The molecular formula is C28H28N6O2. The van der Waals surface area contributed by atoms with Crippen LogP contribution >= 0.6 is 0 Å². The molecule has 8 nitrogen and oxygen atoms in total. The molecule has 8 heteroatoms. The summed E-state index contributed by atoms with van der Waals surface area (Å²) in [6.45, 7) is 4.03. The van der Waals surface area contributed by atoms with Crippen LogP contribution < -0.4 is 10.9 Å². The lowest BCUT2D eigenvalue weighted by atomic mass is 10.1. The van der Waals surface area contributed by atoms with Crippen LogP contribution in [0.25, 0.3) is 22.4 Å². The Hall–Kier alpha value is -4.46. The third-order valence-corrected chi connectivity index (χ3v) is 6.26. The maximum Gasteiger partial charge on any atom is 0.280 e. The fourth-order valence-electron chi connectivity index (χ4n) is 4.36. The van der Waals surface area contributed by atoms with E-state index in [1.807, 2.05) is 84.5 Å². The number of amides is 1. The zero-order chi connectivity index (χ0) is 25.1. The smallest absolute Gasteiger partial charge is 0.280 e. The van der Waals surface area contributed by atoms with Crippen LogP contribution in [0, 0.1) is 6.92 Å². The summed E-state index contributed by atoms with van der Waals surface area (Å²) in [4.78, 5) is 26.7. The van der Waals surface area contributed by atoms with E-state index in [0.29, 0.717) is 29.0 Å². The molecule has 3 aromatic heterocycles. The van der Waals surface area contributed by atoms with Crippen molar-refractivity contribution in [2.24, 2.45) is 0 Å². The average Bonchev–Trinajstić information content (AvgIpc) is 3.58. The van der Waals surface area contributed by atoms with Gasteiger partial charge in [0.2, 0.25) is 5.91 Å². The highest BCUT2D eigenvalue weighted by atomic mass is 16.2.